The van der Waals surface area contributed by atoms with Gasteiger partial charge in [-0.05, 0) is 69.7 Å². The van der Waals surface area contributed by atoms with Crippen LogP contribution in [0, 0.1) is 11.8 Å². The Kier molecular flexibility index (Phi) is 6.70. The van der Waals surface area contributed by atoms with Gasteiger partial charge in [-0.1, -0.05) is 20.8 Å². The van der Waals surface area contributed by atoms with E-state index in [0.29, 0.717) is 6.04 Å². The van der Waals surface area contributed by atoms with Crippen molar-refractivity contribution in [1.29, 1.82) is 0 Å². The Bertz CT molecular complexity index is 330. The van der Waals surface area contributed by atoms with E-state index in [2.05, 4.69) is 64.0 Å². The Hall–Kier alpha value is 0.620. The molecule has 1 N–H and O–H groups in total. The normalized spacial score (nSPS) is 15.2. The summed E-state index contributed by atoms with van der Waals surface area (Å²) < 4.78 is 2.35. The molecule has 1 aromatic rings. The highest BCUT2D eigenvalue weighted by molar-refractivity contribution is 9.13. The second kappa shape index (κ2) is 7.27. The van der Waals surface area contributed by atoms with E-state index in [0.717, 1.165) is 16.3 Å². The molecule has 2 unspecified atom stereocenters. The van der Waals surface area contributed by atoms with Gasteiger partial charge in [0.15, 0.2) is 0 Å². The zero-order chi connectivity index (χ0) is 13.0. The van der Waals surface area contributed by atoms with Crippen LogP contribution in [-0.2, 0) is 0 Å². The van der Waals surface area contributed by atoms with Crippen LogP contribution < -0.4 is 5.32 Å². The van der Waals surface area contributed by atoms with Crippen molar-refractivity contribution in [1.82, 2.24) is 5.32 Å². The quantitative estimate of drug-likeness (QED) is 0.674. The molecule has 1 heterocycles. The lowest BCUT2D eigenvalue weighted by atomic mass is 9.92. The van der Waals surface area contributed by atoms with Crippen LogP contribution in [0.1, 0.15) is 44.5 Å². The third kappa shape index (κ3) is 5.01. The van der Waals surface area contributed by atoms with Crippen LogP contribution in [-0.4, -0.2) is 7.05 Å². The summed E-state index contributed by atoms with van der Waals surface area (Å²) in [7, 11) is 2.05. The van der Waals surface area contributed by atoms with Gasteiger partial charge in [0.2, 0.25) is 0 Å². The van der Waals surface area contributed by atoms with Crippen molar-refractivity contribution in [2.24, 2.45) is 11.8 Å². The van der Waals surface area contributed by atoms with Gasteiger partial charge in [0.25, 0.3) is 0 Å². The molecule has 0 radical (unpaired) electrons. The molecule has 0 aliphatic carbocycles. The average Bonchev–Trinajstić information content (AvgIpc) is 2.54. The van der Waals surface area contributed by atoms with Crippen molar-refractivity contribution in [3.8, 4) is 0 Å². The minimum atomic E-state index is 0.469. The molecule has 0 aromatic carbocycles. The molecule has 0 saturated heterocycles. The van der Waals surface area contributed by atoms with Gasteiger partial charge >= 0.3 is 0 Å². The molecule has 0 saturated carbocycles. The highest BCUT2D eigenvalue weighted by Crippen LogP contribution is 2.37. The molecule has 98 valence electrons. The molecule has 2 atom stereocenters. The maximum Gasteiger partial charge on any atom is 0.0843 e. The molecule has 0 spiro atoms. The molecule has 4 heteroatoms. The lowest BCUT2D eigenvalue weighted by Gasteiger charge is -2.20. The van der Waals surface area contributed by atoms with Gasteiger partial charge in [-0.25, -0.2) is 0 Å². The van der Waals surface area contributed by atoms with E-state index in [1.165, 1.54) is 21.5 Å². The minimum Gasteiger partial charge on any atom is -0.312 e. The maximum atomic E-state index is 3.56. The molecule has 0 fully saturated rings. The van der Waals surface area contributed by atoms with Crippen molar-refractivity contribution in [2.75, 3.05) is 7.05 Å². The molecule has 17 heavy (non-hydrogen) atoms. The highest BCUT2D eigenvalue weighted by atomic mass is 79.9. The second-order valence-corrected chi connectivity index (χ2v) is 8.34. The summed E-state index contributed by atoms with van der Waals surface area (Å²) >= 11 is 8.93. The predicted molar refractivity (Wildman–Crippen MR) is 84.8 cm³/mol. The van der Waals surface area contributed by atoms with Gasteiger partial charge in [0.05, 0.1) is 3.79 Å². The van der Waals surface area contributed by atoms with Crippen LogP contribution in [0.15, 0.2) is 14.3 Å². The fraction of sp³-hybridized carbons (Fsp3) is 0.692. The standard InChI is InChI=1S/C13H21Br2NS/c1-8(2)5-9(3)6-11(16-4)12-7-10(14)13(15)17-12/h7-9,11,16H,5-6H2,1-4H3. The highest BCUT2D eigenvalue weighted by Gasteiger charge is 2.17. The number of rotatable bonds is 6. The van der Waals surface area contributed by atoms with Crippen molar-refractivity contribution < 1.29 is 0 Å². The zero-order valence-electron chi connectivity index (χ0n) is 10.9. The third-order valence-electron chi connectivity index (χ3n) is 2.87. The molecule has 1 rings (SSSR count). The van der Waals surface area contributed by atoms with Gasteiger partial charge in [-0.2, -0.15) is 0 Å². The van der Waals surface area contributed by atoms with Crippen LogP contribution in [0.25, 0.3) is 0 Å². The van der Waals surface area contributed by atoms with Crippen LogP contribution >= 0.6 is 43.2 Å². The fourth-order valence-corrected chi connectivity index (χ4v) is 4.43. The summed E-state index contributed by atoms with van der Waals surface area (Å²) in [5.74, 6) is 1.54. The van der Waals surface area contributed by atoms with E-state index in [9.17, 15) is 0 Å². The summed E-state index contributed by atoms with van der Waals surface area (Å²) in [6.07, 6.45) is 2.50. The van der Waals surface area contributed by atoms with E-state index in [4.69, 9.17) is 0 Å². The predicted octanol–water partition coefficient (Wildman–Crippen LogP) is 5.61. The molecule has 0 amide bonds. The van der Waals surface area contributed by atoms with Crippen LogP contribution in [0.5, 0.6) is 0 Å². The first kappa shape index (κ1) is 15.7. The van der Waals surface area contributed by atoms with Crippen molar-refractivity contribution in [3.63, 3.8) is 0 Å². The first-order valence-electron chi connectivity index (χ1n) is 6.06. The number of thiophene rings is 1. The topological polar surface area (TPSA) is 12.0 Å². The van der Waals surface area contributed by atoms with E-state index in [1.807, 2.05) is 18.4 Å². The summed E-state index contributed by atoms with van der Waals surface area (Å²) in [4.78, 5) is 1.40. The van der Waals surface area contributed by atoms with E-state index in [-0.39, 0.29) is 0 Å². The third-order valence-corrected chi connectivity index (χ3v) is 6.24. The van der Waals surface area contributed by atoms with Crippen molar-refractivity contribution >= 4 is 43.2 Å². The lowest BCUT2D eigenvalue weighted by Crippen LogP contribution is -2.18. The minimum absolute atomic E-state index is 0.469. The zero-order valence-corrected chi connectivity index (χ0v) is 14.9. The molecule has 0 bridgehead atoms. The van der Waals surface area contributed by atoms with Crippen molar-refractivity contribution in [3.05, 3.63) is 19.2 Å². The Balaban J connectivity index is 2.65. The molecular weight excluding hydrogens is 362 g/mol. The van der Waals surface area contributed by atoms with Gasteiger partial charge in [-0.15, -0.1) is 11.3 Å². The first-order valence-corrected chi connectivity index (χ1v) is 8.46. The Morgan fingerprint density at radius 3 is 2.29 bits per heavy atom. The number of halogens is 2. The fourth-order valence-electron chi connectivity index (χ4n) is 2.21. The van der Waals surface area contributed by atoms with Gasteiger partial charge in [0, 0.05) is 15.4 Å². The van der Waals surface area contributed by atoms with Crippen LogP contribution in [0.3, 0.4) is 0 Å². The van der Waals surface area contributed by atoms with Crippen molar-refractivity contribution in [2.45, 2.75) is 39.7 Å². The largest absolute Gasteiger partial charge is 0.312 e. The lowest BCUT2D eigenvalue weighted by molar-refractivity contribution is 0.369. The molecule has 1 aromatic heterocycles. The molecule has 0 aliphatic rings. The Labute approximate surface area is 126 Å². The van der Waals surface area contributed by atoms with Gasteiger partial charge < -0.3 is 5.32 Å². The SMILES string of the molecule is CNC(CC(C)CC(C)C)c1cc(Br)c(Br)s1. The smallest absolute Gasteiger partial charge is 0.0843 e. The molecular formula is C13H21Br2NS. The van der Waals surface area contributed by atoms with Crippen LogP contribution in [0.2, 0.25) is 0 Å². The first-order chi connectivity index (χ1) is 7.93. The molecule has 1 nitrogen and oxygen atoms in total. The monoisotopic (exact) mass is 381 g/mol. The summed E-state index contributed by atoms with van der Waals surface area (Å²) in [5, 5.41) is 3.43. The summed E-state index contributed by atoms with van der Waals surface area (Å²) in [6, 6.07) is 2.69. The maximum absolute atomic E-state index is 3.56. The molecule has 0 aliphatic heterocycles. The number of hydrogen-bond donors (Lipinski definition) is 1. The summed E-state index contributed by atoms with van der Waals surface area (Å²) in [5.41, 5.74) is 0. The Morgan fingerprint density at radius 2 is 1.88 bits per heavy atom. The number of nitrogens with one attached hydrogen (secondary N) is 1. The van der Waals surface area contributed by atoms with E-state index in [1.54, 1.807) is 0 Å². The second-order valence-electron chi connectivity index (χ2n) is 5.08. The van der Waals surface area contributed by atoms with Gasteiger partial charge in [0.1, 0.15) is 0 Å². The van der Waals surface area contributed by atoms with E-state index < -0.39 is 0 Å². The van der Waals surface area contributed by atoms with E-state index >= 15 is 0 Å². The number of hydrogen-bond acceptors (Lipinski definition) is 2. The summed E-state index contributed by atoms with van der Waals surface area (Å²) in [6.45, 7) is 6.94. The van der Waals surface area contributed by atoms with Crippen LogP contribution in [0.4, 0.5) is 0 Å². The van der Waals surface area contributed by atoms with Gasteiger partial charge in [-0.3, -0.25) is 0 Å². The Morgan fingerprint density at radius 1 is 1.24 bits per heavy atom. The average molecular weight is 383 g/mol.